The number of ether oxygens (including phenoxy) is 1. The van der Waals surface area contributed by atoms with Crippen molar-refractivity contribution in [2.24, 2.45) is 5.92 Å². The van der Waals surface area contributed by atoms with Crippen molar-refractivity contribution in [3.8, 4) is 0 Å². The summed E-state index contributed by atoms with van der Waals surface area (Å²) in [5.74, 6) is 0.347. The molecule has 1 aromatic heterocycles. The molecule has 1 aliphatic carbocycles. The normalized spacial score (nSPS) is 19.2. The third-order valence-electron chi connectivity index (χ3n) is 6.41. The van der Waals surface area contributed by atoms with E-state index in [1.165, 1.54) is 29.5 Å². The van der Waals surface area contributed by atoms with Crippen molar-refractivity contribution in [1.82, 2.24) is 14.8 Å². The Bertz CT molecular complexity index is 972. The molecule has 0 bridgehead atoms. The van der Waals surface area contributed by atoms with Crippen molar-refractivity contribution >= 4 is 22.9 Å². The summed E-state index contributed by atoms with van der Waals surface area (Å²) in [5, 5.41) is 1.21. The van der Waals surface area contributed by atoms with Gasteiger partial charge in [0, 0.05) is 37.8 Å². The Morgan fingerprint density at radius 3 is 2.74 bits per heavy atom. The molecule has 1 fully saturated rings. The van der Waals surface area contributed by atoms with Crippen LogP contribution in [0, 0.1) is 5.92 Å². The molecular formula is C25H35N3O3. The van der Waals surface area contributed by atoms with Crippen LogP contribution in [-0.4, -0.2) is 59.1 Å². The lowest BCUT2D eigenvalue weighted by Gasteiger charge is -2.35. The molecule has 6 heteroatoms. The highest BCUT2D eigenvalue weighted by atomic mass is 16.6. The number of hydrogen-bond donors (Lipinski definition) is 1. The lowest BCUT2D eigenvalue weighted by atomic mass is 9.94. The van der Waals surface area contributed by atoms with E-state index in [2.05, 4.69) is 11.1 Å². The summed E-state index contributed by atoms with van der Waals surface area (Å²) in [6, 6.07) is 6.10. The highest BCUT2D eigenvalue weighted by Gasteiger charge is 2.29. The number of nitrogens with zero attached hydrogens (tertiary/aromatic N) is 2. The first-order valence-electron chi connectivity index (χ1n) is 11.6. The molecule has 1 aliphatic heterocycles. The maximum atomic E-state index is 13.5. The standard InChI is InChI=1S/C25H35N3O3/c1-25(2,3)31-24(30)27(4)15-17-9-8-14-28(16-17)23(29)20-12-7-11-19-18-10-5-6-13-21(18)26-22(19)20/h7,11-12,17,26H,5-6,8-10,13-16H2,1-4H3. The summed E-state index contributed by atoms with van der Waals surface area (Å²) in [5.41, 5.74) is 3.96. The number of hydrogen-bond acceptors (Lipinski definition) is 3. The minimum Gasteiger partial charge on any atom is -0.444 e. The van der Waals surface area contributed by atoms with Crippen LogP contribution in [0.1, 0.15) is 68.1 Å². The number of rotatable bonds is 3. The van der Waals surface area contributed by atoms with E-state index in [0.29, 0.717) is 13.1 Å². The number of fused-ring (bicyclic) bond motifs is 3. The van der Waals surface area contributed by atoms with Gasteiger partial charge in [-0.3, -0.25) is 4.79 Å². The largest absolute Gasteiger partial charge is 0.444 e. The fraction of sp³-hybridized carbons (Fsp3) is 0.600. The van der Waals surface area contributed by atoms with E-state index in [0.717, 1.165) is 43.3 Å². The number of carbonyl (C=O) groups is 2. The fourth-order valence-corrected chi connectivity index (χ4v) is 4.98. The van der Waals surface area contributed by atoms with Gasteiger partial charge in [0.05, 0.1) is 11.1 Å². The number of para-hydroxylation sites is 1. The van der Waals surface area contributed by atoms with Gasteiger partial charge in [0.15, 0.2) is 0 Å². The lowest BCUT2D eigenvalue weighted by molar-refractivity contribution is 0.0244. The van der Waals surface area contributed by atoms with E-state index in [1.807, 2.05) is 37.8 Å². The number of benzene rings is 1. The van der Waals surface area contributed by atoms with Crippen LogP contribution in [-0.2, 0) is 17.6 Å². The molecule has 2 heterocycles. The molecule has 2 amide bonds. The number of aromatic nitrogens is 1. The number of nitrogens with one attached hydrogen (secondary N) is 1. The van der Waals surface area contributed by atoms with Gasteiger partial charge in [-0.1, -0.05) is 12.1 Å². The Morgan fingerprint density at radius 1 is 1.19 bits per heavy atom. The molecule has 4 rings (SSSR count). The van der Waals surface area contributed by atoms with Gasteiger partial charge in [-0.15, -0.1) is 0 Å². The number of H-pyrrole nitrogens is 1. The monoisotopic (exact) mass is 425 g/mol. The van der Waals surface area contributed by atoms with Crippen LogP contribution in [0.3, 0.4) is 0 Å². The van der Waals surface area contributed by atoms with E-state index in [-0.39, 0.29) is 17.9 Å². The molecule has 1 unspecified atom stereocenters. The Balaban J connectivity index is 1.47. The van der Waals surface area contributed by atoms with E-state index in [4.69, 9.17) is 4.74 Å². The minimum atomic E-state index is -0.506. The Hall–Kier alpha value is -2.50. The molecule has 2 aromatic rings. The molecule has 1 atom stereocenters. The third kappa shape index (κ3) is 4.73. The van der Waals surface area contributed by atoms with Gasteiger partial charge >= 0.3 is 6.09 Å². The van der Waals surface area contributed by atoms with Gasteiger partial charge < -0.3 is 19.5 Å². The summed E-state index contributed by atoms with van der Waals surface area (Å²) in [6.45, 7) is 7.65. The van der Waals surface area contributed by atoms with Gasteiger partial charge in [0.1, 0.15) is 5.60 Å². The predicted octanol–water partition coefficient (Wildman–Crippen LogP) is 4.77. The predicted molar refractivity (Wildman–Crippen MR) is 122 cm³/mol. The number of likely N-dealkylation sites (tertiary alicyclic amines) is 1. The maximum Gasteiger partial charge on any atom is 0.410 e. The topological polar surface area (TPSA) is 65.6 Å². The summed E-state index contributed by atoms with van der Waals surface area (Å²) in [7, 11) is 1.78. The number of carbonyl (C=O) groups excluding carboxylic acids is 2. The maximum absolute atomic E-state index is 13.5. The van der Waals surface area contributed by atoms with Crippen LogP contribution in [0.15, 0.2) is 18.2 Å². The van der Waals surface area contributed by atoms with E-state index >= 15 is 0 Å². The Labute approximate surface area is 184 Å². The second-order valence-corrected chi connectivity index (χ2v) is 10.1. The molecular weight excluding hydrogens is 390 g/mol. The van der Waals surface area contributed by atoms with Crippen LogP contribution in [0.4, 0.5) is 4.79 Å². The van der Waals surface area contributed by atoms with Crippen LogP contribution in [0.2, 0.25) is 0 Å². The van der Waals surface area contributed by atoms with Gasteiger partial charge in [-0.2, -0.15) is 0 Å². The zero-order chi connectivity index (χ0) is 22.2. The quantitative estimate of drug-likeness (QED) is 0.771. The first-order chi connectivity index (χ1) is 14.7. The van der Waals surface area contributed by atoms with Crippen molar-refractivity contribution in [2.75, 3.05) is 26.7 Å². The minimum absolute atomic E-state index is 0.0915. The molecule has 1 saturated heterocycles. The average Bonchev–Trinajstić information content (AvgIpc) is 3.11. The second-order valence-electron chi connectivity index (χ2n) is 10.1. The van der Waals surface area contributed by atoms with Gasteiger partial charge in [-0.25, -0.2) is 4.79 Å². The molecule has 0 saturated carbocycles. The van der Waals surface area contributed by atoms with E-state index < -0.39 is 5.60 Å². The van der Waals surface area contributed by atoms with Crippen LogP contribution < -0.4 is 0 Å². The molecule has 0 spiro atoms. The first-order valence-corrected chi connectivity index (χ1v) is 11.6. The van der Waals surface area contributed by atoms with Crippen molar-refractivity contribution in [1.29, 1.82) is 0 Å². The molecule has 0 radical (unpaired) electrons. The van der Waals surface area contributed by atoms with Crippen molar-refractivity contribution in [2.45, 2.75) is 64.9 Å². The lowest BCUT2D eigenvalue weighted by Crippen LogP contribution is -2.45. The summed E-state index contributed by atoms with van der Waals surface area (Å²) >= 11 is 0. The Morgan fingerprint density at radius 2 is 1.97 bits per heavy atom. The van der Waals surface area contributed by atoms with E-state index in [9.17, 15) is 9.59 Å². The fourth-order valence-electron chi connectivity index (χ4n) is 4.98. The smallest absolute Gasteiger partial charge is 0.410 e. The van der Waals surface area contributed by atoms with Gasteiger partial charge in [0.25, 0.3) is 5.91 Å². The highest BCUT2D eigenvalue weighted by molar-refractivity contribution is 6.06. The third-order valence-corrected chi connectivity index (χ3v) is 6.41. The van der Waals surface area contributed by atoms with Crippen LogP contribution in [0.25, 0.3) is 10.9 Å². The number of aromatic amines is 1. The molecule has 1 N–H and O–H groups in total. The number of amides is 2. The van der Waals surface area contributed by atoms with Crippen molar-refractivity contribution < 1.29 is 14.3 Å². The van der Waals surface area contributed by atoms with Crippen LogP contribution in [0.5, 0.6) is 0 Å². The number of piperidine rings is 1. The zero-order valence-electron chi connectivity index (χ0n) is 19.3. The molecule has 31 heavy (non-hydrogen) atoms. The second kappa shape index (κ2) is 8.56. The summed E-state index contributed by atoms with van der Waals surface area (Å²) < 4.78 is 5.47. The molecule has 2 aliphatic rings. The average molecular weight is 426 g/mol. The van der Waals surface area contributed by atoms with Gasteiger partial charge in [-0.05, 0) is 76.8 Å². The summed E-state index contributed by atoms with van der Waals surface area (Å²) in [4.78, 5) is 33.0. The first kappa shape index (κ1) is 21.7. The molecule has 6 nitrogen and oxygen atoms in total. The van der Waals surface area contributed by atoms with E-state index in [1.54, 1.807) is 11.9 Å². The summed E-state index contributed by atoms with van der Waals surface area (Å²) in [6.07, 6.45) is 6.25. The zero-order valence-corrected chi connectivity index (χ0v) is 19.3. The van der Waals surface area contributed by atoms with Crippen LogP contribution >= 0.6 is 0 Å². The molecule has 168 valence electrons. The number of aryl methyl sites for hydroxylation is 2. The van der Waals surface area contributed by atoms with Gasteiger partial charge in [0.2, 0.25) is 0 Å². The Kier molecular flexibility index (Phi) is 6.00. The highest BCUT2D eigenvalue weighted by Crippen LogP contribution is 2.32. The SMILES string of the molecule is CN(CC1CCCN(C(=O)c2cccc3c4c([nH]c23)CCCC4)C1)C(=O)OC(C)(C)C. The molecule has 1 aromatic carbocycles. The van der Waals surface area contributed by atoms with Crippen molar-refractivity contribution in [3.05, 3.63) is 35.0 Å². The van der Waals surface area contributed by atoms with Crippen molar-refractivity contribution in [3.63, 3.8) is 0 Å².